The standard InChI is InChI=1S/C15H19FN4OS/c1-9(2)8-17-14(21)10(3)22-15-18-13(19-20-15)11-6-4-5-7-12(11)16/h4-7,9-10H,8H2,1-3H3,(H,17,21)(H,18,19,20)/t10-/m1/s1. The monoisotopic (exact) mass is 322 g/mol. The van der Waals surface area contributed by atoms with Crippen LogP contribution < -0.4 is 5.32 Å². The van der Waals surface area contributed by atoms with Crippen LogP contribution in [0.1, 0.15) is 20.8 Å². The lowest BCUT2D eigenvalue weighted by Gasteiger charge is -2.11. The Morgan fingerprint density at radius 2 is 2.09 bits per heavy atom. The maximum atomic E-state index is 13.7. The third-order valence-corrected chi connectivity index (χ3v) is 3.89. The molecule has 0 aliphatic heterocycles. The van der Waals surface area contributed by atoms with E-state index in [1.807, 2.05) is 13.8 Å². The molecular weight excluding hydrogens is 303 g/mol. The topological polar surface area (TPSA) is 70.7 Å². The summed E-state index contributed by atoms with van der Waals surface area (Å²) in [5, 5.41) is 9.70. The van der Waals surface area contributed by atoms with E-state index in [1.165, 1.54) is 17.8 Å². The minimum absolute atomic E-state index is 0.0593. The van der Waals surface area contributed by atoms with Gasteiger partial charge in [-0.25, -0.2) is 9.37 Å². The predicted octanol–water partition coefficient (Wildman–Crippen LogP) is 2.86. The van der Waals surface area contributed by atoms with Crippen molar-refractivity contribution in [1.82, 2.24) is 20.5 Å². The first-order valence-electron chi connectivity index (χ1n) is 7.09. The van der Waals surface area contributed by atoms with E-state index in [1.54, 1.807) is 25.1 Å². The second-order valence-electron chi connectivity index (χ2n) is 5.35. The van der Waals surface area contributed by atoms with Gasteiger partial charge >= 0.3 is 0 Å². The van der Waals surface area contributed by atoms with Crippen molar-refractivity contribution in [2.24, 2.45) is 5.92 Å². The zero-order valence-corrected chi connectivity index (χ0v) is 13.6. The van der Waals surface area contributed by atoms with Crippen LogP contribution in [0, 0.1) is 11.7 Å². The van der Waals surface area contributed by atoms with Gasteiger partial charge in [0.2, 0.25) is 11.1 Å². The molecule has 0 saturated carbocycles. The first kappa shape index (κ1) is 16.5. The Bertz CT molecular complexity index is 644. The van der Waals surface area contributed by atoms with Crippen LogP contribution in [0.5, 0.6) is 0 Å². The molecule has 0 saturated heterocycles. The molecule has 0 spiro atoms. The molecule has 0 aliphatic carbocycles. The minimum atomic E-state index is -0.363. The molecule has 1 aromatic carbocycles. The number of amides is 1. The number of thioether (sulfide) groups is 1. The number of rotatable bonds is 6. The number of nitrogens with one attached hydrogen (secondary N) is 2. The van der Waals surface area contributed by atoms with Gasteiger partial charge in [0, 0.05) is 6.54 Å². The summed E-state index contributed by atoms with van der Waals surface area (Å²) in [6.07, 6.45) is 0. The molecule has 1 heterocycles. The molecule has 0 radical (unpaired) electrons. The Kier molecular flexibility index (Phi) is 5.54. The van der Waals surface area contributed by atoms with Crippen molar-refractivity contribution < 1.29 is 9.18 Å². The molecule has 2 N–H and O–H groups in total. The summed E-state index contributed by atoms with van der Waals surface area (Å²) in [4.78, 5) is 16.2. The molecule has 2 rings (SSSR count). The van der Waals surface area contributed by atoms with Crippen molar-refractivity contribution in [2.75, 3.05) is 6.54 Å². The summed E-state index contributed by atoms with van der Waals surface area (Å²) in [5.74, 6) is 0.335. The average Bonchev–Trinajstić information content (AvgIpc) is 2.93. The van der Waals surface area contributed by atoms with E-state index in [0.29, 0.717) is 29.0 Å². The number of carbonyl (C=O) groups excluding carboxylic acids is 1. The summed E-state index contributed by atoms with van der Waals surface area (Å²) < 4.78 is 13.7. The van der Waals surface area contributed by atoms with E-state index in [-0.39, 0.29) is 17.0 Å². The molecule has 1 atom stereocenters. The number of benzene rings is 1. The third kappa shape index (κ3) is 4.30. The van der Waals surface area contributed by atoms with Gasteiger partial charge in [-0.15, -0.1) is 5.10 Å². The molecule has 0 unspecified atom stereocenters. The molecule has 1 aromatic heterocycles. The van der Waals surface area contributed by atoms with Gasteiger partial charge < -0.3 is 5.32 Å². The van der Waals surface area contributed by atoms with E-state index < -0.39 is 0 Å². The predicted molar refractivity (Wildman–Crippen MR) is 84.9 cm³/mol. The van der Waals surface area contributed by atoms with E-state index >= 15 is 0 Å². The number of hydrogen-bond donors (Lipinski definition) is 2. The summed E-state index contributed by atoms with van der Waals surface area (Å²) in [6, 6.07) is 6.34. The van der Waals surface area contributed by atoms with Crippen LogP contribution in [0.3, 0.4) is 0 Å². The highest BCUT2D eigenvalue weighted by Crippen LogP contribution is 2.24. The van der Waals surface area contributed by atoms with Crippen molar-refractivity contribution in [2.45, 2.75) is 31.2 Å². The van der Waals surface area contributed by atoms with Crippen LogP contribution in [-0.4, -0.2) is 32.9 Å². The molecule has 118 valence electrons. The minimum Gasteiger partial charge on any atom is -0.355 e. The normalized spacial score (nSPS) is 12.4. The van der Waals surface area contributed by atoms with Crippen LogP contribution in [-0.2, 0) is 4.79 Å². The van der Waals surface area contributed by atoms with Gasteiger partial charge in [0.15, 0.2) is 5.82 Å². The van der Waals surface area contributed by atoms with Gasteiger partial charge in [-0.3, -0.25) is 9.89 Å². The fourth-order valence-electron chi connectivity index (χ4n) is 1.73. The molecule has 22 heavy (non-hydrogen) atoms. The second-order valence-corrected chi connectivity index (χ2v) is 6.65. The van der Waals surface area contributed by atoms with Crippen LogP contribution in [0.4, 0.5) is 4.39 Å². The van der Waals surface area contributed by atoms with Crippen LogP contribution in [0.25, 0.3) is 11.4 Å². The molecule has 7 heteroatoms. The number of hydrogen-bond acceptors (Lipinski definition) is 4. The van der Waals surface area contributed by atoms with Crippen molar-refractivity contribution >= 4 is 17.7 Å². The summed E-state index contributed by atoms with van der Waals surface area (Å²) in [6.45, 7) is 6.50. The maximum absolute atomic E-state index is 13.7. The van der Waals surface area contributed by atoms with Crippen LogP contribution >= 0.6 is 11.8 Å². The molecule has 0 bridgehead atoms. The quantitative estimate of drug-likeness (QED) is 0.802. The summed E-state index contributed by atoms with van der Waals surface area (Å²) in [7, 11) is 0. The number of aromatic nitrogens is 3. The average molecular weight is 322 g/mol. The Hall–Kier alpha value is -1.89. The van der Waals surface area contributed by atoms with Gasteiger partial charge in [-0.2, -0.15) is 0 Å². The number of halogens is 1. The first-order chi connectivity index (χ1) is 10.5. The van der Waals surface area contributed by atoms with Crippen molar-refractivity contribution in [1.29, 1.82) is 0 Å². The smallest absolute Gasteiger partial charge is 0.233 e. The first-order valence-corrected chi connectivity index (χ1v) is 7.97. The second kappa shape index (κ2) is 7.40. The lowest BCUT2D eigenvalue weighted by atomic mass is 10.2. The van der Waals surface area contributed by atoms with Gasteiger partial charge in [0.25, 0.3) is 0 Å². The number of carbonyl (C=O) groups is 1. The Balaban J connectivity index is 2.00. The SMILES string of the molecule is CC(C)CNC(=O)[C@@H](C)Sc1n[nH]c(-c2ccccc2F)n1. The molecule has 1 amide bonds. The molecule has 5 nitrogen and oxygen atoms in total. The van der Waals surface area contributed by atoms with Gasteiger partial charge in [-0.1, -0.05) is 37.7 Å². The Labute approximate surface area is 133 Å². The lowest BCUT2D eigenvalue weighted by molar-refractivity contribution is -0.120. The summed E-state index contributed by atoms with van der Waals surface area (Å²) >= 11 is 1.24. The zero-order valence-electron chi connectivity index (χ0n) is 12.8. The van der Waals surface area contributed by atoms with E-state index in [9.17, 15) is 9.18 Å². The fraction of sp³-hybridized carbons (Fsp3) is 0.400. The van der Waals surface area contributed by atoms with Gasteiger partial charge in [-0.05, 0) is 25.0 Å². The number of aromatic amines is 1. The number of H-pyrrole nitrogens is 1. The van der Waals surface area contributed by atoms with E-state index in [0.717, 1.165) is 0 Å². The van der Waals surface area contributed by atoms with E-state index in [2.05, 4.69) is 20.5 Å². The van der Waals surface area contributed by atoms with Crippen molar-refractivity contribution in [3.63, 3.8) is 0 Å². The lowest BCUT2D eigenvalue weighted by Crippen LogP contribution is -2.33. The van der Waals surface area contributed by atoms with Crippen molar-refractivity contribution in [3.05, 3.63) is 30.1 Å². The zero-order chi connectivity index (χ0) is 16.1. The van der Waals surface area contributed by atoms with E-state index in [4.69, 9.17) is 0 Å². The number of nitrogens with zero attached hydrogens (tertiary/aromatic N) is 2. The Morgan fingerprint density at radius 3 is 2.77 bits per heavy atom. The third-order valence-electron chi connectivity index (χ3n) is 2.93. The van der Waals surface area contributed by atoms with Gasteiger partial charge in [0.05, 0.1) is 10.8 Å². The largest absolute Gasteiger partial charge is 0.355 e. The highest BCUT2D eigenvalue weighted by atomic mass is 32.2. The Morgan fingerprint density at radius 1 is 1.36 bits per heavy atom. The summed E-state index contributed by atoms with van der Waals surface area (Å²) in [5.41, 5.74) is 0.360. The molecule has 0 fully saturated rings. The van der Waals surface area contributed by atoms with Crippen molar-refractivity contribution in [3.8, 4) is 11.4 Å². The maximum Gasteiger partial charge on any atom is 0.233 e. The fourth-order valence-corrected chi connectivity index (χ4v) is 2.48. The molecular formula is C15H19FN4OS. The molecule has 0 aliphatic rings. The van der Waals surface area contributed by atoms with Crippen LogP contribution in [0.2, 0.25) is 0 Å². The van der Waals surface area contributed by atoms with Gasteiger partial charge in [0.1, 0.15) is 5.82 Å². The highest BCUT2D eigenvalue weighted by Gasteiger charge is 2.18. The molecule has 2 aromatic rings. The van der Waals surface area contributed by atoms with Crippen LogP contribution in [0.15, 0.2) is 29.4 Å². The highest BCUT2D eigenvalue weighted by molar-refractivity contribution is 8.00.